The van der Waals surface area contributed by atoms with E-state index in [1.165, 1.54) is 12.1 Å². The van der Waals surface area contributed by atoms with Gasteiger partial charge in [-0.1, -0.05) is 6.07 Å². The molecule has 0 amide bonds. The van der Waals surface area contributed by atoms with E-state index in [4.69, 9.17) is 10.1 Å². The molecule has 2 unspecified atom stereocenters. The second kappa shape index (κ2) is 4.35. The van der Waals surface area contributed by atoms with Crippen LogP contribution in [-0.4, -0.2) is 30.0 Å². The first-order valence-electron chi connectivity index (χ1n) is 6.36. The average molecular weight is 248 g/mol. The number of nitrogens with one attached hydrogen (secondary N) is 1. The van der Waals surface area contributed by atoms with Crippen LogP contribution in [-0.2, 0) is 11.3 Å². The molecule has 1 heterocycles. The molecule has 0 spiro atoms. The fraction of sp³-hybridized carbons (Fsp3) is 0.500. The molecule has 0 aromatic heterocycles. The molecular weight excluding hydrogens is 231 g/mol. The number of nitrogens with zero attached hydrogens (tertiary/aromatic N) is 1. The lowest BCUT2D eigenvalue weighted by Gasteiger charge is -2.25. The molecule has 3 nitrogen and oxygen atoms in total. The Bertz CT molecular complexity index is 489. The summed E-state index contributed by atoms with van der Waals surface area (Å²) < 4.78 is 18.6. The van der Waals surface area contributed by atoms with Crippen molar-refractivity contribution >= 4 is 5.84 Å². The van der Waals surface area contributed by atoms with E-state index in [0.29, 0.717) is 18.0 Å². The number of hydrogen-bond acceptors (Lipinski definition) is 2. The molecule has 18 heavy (non-hydrogen) atoms. The van der Waals surface area contributed by atoms with Gasteiger partial charge in [-0.2, -0.15) is 0 Å². The predicted molar refractivity (Wildman–Crippen MR) is 67.2 cm³/mol. The zero-order valence-corrected chi connectivity index (χ0v) is 10.4. The van der Waals surface area contributed by atoms with Crippen molar-refractivity contribution in [2.75, 3.05) is 7.11 Å². The molecule has 1 aromatic carbocycles. The van der Waals surface area contributed by atoms with Gasteiger partial charge in [-0.25, -0.2) is 4.39 Å². The Kier molecular flexibility index (Phi) is 2.82. The van der Waals surface area contributed by atoms with E-state index < -0.39 is 0 Å². The van der Waals surface area contributed by atoms with Crippen LogP contribution < -0.4 is 0 Å². The van der Waals surface area contributed by atoms with Crippen molar-refractivity contribution in [2.45, 2.75) is 38.0 Å². The molecule has 1 aliphatic heterocycles. The Labute approximate surface area is 106 Å². The third kappa shape index (κ3) is 1.81. The highest BCUT2D eigenvalue weighted by Gasteiger charge is 2.35. The lowest BCUT2D eigenvalue weighted by Crippen LogP contribution is -2.34. The molecule has 1 fully saturated rings. The van der Waals surface area contributed by atoms with Gasteiger partial charge in [0.25, 0.3) is 0 Å². The van der Waals surface area contributed by atoms with Crippen LogP contribution in [0.1, 0.15) is 30.4 Å². The third-order valence-corrected chi connectivity index (χ3v) is 4.09. The number of fused-ring (bicyclic) bond motifs is 1. The van der Waals surface area contributed by atoms with E-state index in [9.17, 15) is 4.39 Å². The van der Waals surface area contributed by atoms with Crippen LogP contribution in [0, 0.1) is 11.2 Å². The van der Waals surface area contributed by atoms with Crippen molar-refractivity contribution in [3.63, 3.8) is 0 Å². The van der Waals surface area contributed by atoms with E-state index in [-0.39, 0.29) is 5.82 Å². The Morgan fingerprint density at radius 3 is 2.94 bits per heavy atom. The molecule has 0 radical (unpaired) electrons. The topological polar surface area (TPSA) is 36.3 Å². The van der Waals surface area contributed by atoms with Crippen LogP contribution in [0.5, 0.6) is 0 Å². The maximum Gasteiger partial charge on any atom is 0.129 e. The standard InChI is InChI=1S/C14H17FN2O/c1-18-12-5-4-11(7-12)17-8-9-2-3-10(15)6-13(9)14(17)16/h2-3,6,11-12,16H,4-5,7-8H2,1H3. The molecule has 96 valence electrons. The van der Waals surface area contributed by atoms with Gasteiger partial charge in [0.1, 0.15) is 11.7 Å². The van der Waals surface area contributed by atoms with Crippen molar-refractivity contribution in [3.05, 3.63) is 35.1 Å². The van der Waals surface area contributed by atoms with Crippen molar-refractivity contribution in [2.24, 2.45) is 0 Å². The molecule has 1 aromatic rings. The van der Waals surface area contributed by atoms with Crippen LogP contribution in [0.2, 0.25) is 0 Å². The number of methoxy groups -OCH3 is 1. The lowest BCUT2D eigenvalue weighted by atomic mass is 10.1. The minimum absolute atomic E-state index is 0.262. The Balaban J connectivity index is 1.80. The zero-order valence-electron chi connectivity index (χ0n) is 10.4. The van der Waals surface area contributed by atoms with Crippen LogP contribution in [0.3, 0.4) is 0 Å². The molecule has 0 saturated heterocycles. The fourth-order valence-corrected chi connectivity index (χ4v) is 3.05. The number of amidine groups is 1. The van der Waals surface area contributed by atoms with Crippen molar-refractivity contribution < 1.29 is 9.13 Å². The van der Waals surface area contributed by atoms with Crippen LogP contribution in [0.15, 0.2) is 18.2 Å². The van der Waals surface area contributed by atoms with Gasteiger partial charge >= 0.3 is 0 Å². The number of hydrogen-bond donors (Lipinski definition) is 1. The van der Waals surface area contributed by atoms with Crippen molar-refractivity contribution in [1.82, 2.24) is 4.90 Å². The molecule has 4 heteroatoms. The van der Waals surface area contributed by atoms with E-state index >= 15 is 0 Å². The Morgan fingerprint density at radius 2 is 2.22 bits per heavy atom. The van der Waals surface area contributed by atoms with E-state index in [2.05, 4.69) is 4.90 Å². The Hall–Kier alpha value is -1.42. The largest absolute Gasteiger partial charge is 0.381 e. The fourth-order valence-electron chi connectivity index (χ4n) is 3.05. The minimum Gasteiger partial charge on any atom is -0.381 e. The smallest absolute Gasteiger partial charge is 0.129 e. The third-order valence-electron chi connectivity index (χ3n) is 4.09. The van der Waals surface area contributed by atoms with Gasteiger partial charge in [-0.3, -0.25) is 5.41 Å². The zero-order chi connectivity index (χ0) is 12.7. The van der Waals surface area contributed by atoms with E-state index in [0.717, 1.165) is 36.9 Å². The van der Waals surface area contributed by atoms with E-state index in [1.54, 1.807) is 13.2 Å². The predicted octanol–water partition coefficient (Wildman–Crippen LogP) is 2.53. The van der Waals surface area contributed by atoms with Gasteiger partial charge in [-0.05, 0) is 37.0 Å². The quantitative estimate of drug-likeness (QED) is 0.873. The SMILES string of the molecule is COC1CCC(N2Cc3ccc(F)cc3C2=N)C1. The normalized spacial score (nSPS) is 26.8. The summed E-state index contributed by atoms with van der Waals surface area (Å²) in [4.78, 5) is 2.09. The van der Waals surface area contributed by atoms with Crippen LogP contribution in [0.4, 0.5) is 4.39 Å². The van der Waals surface area contributed by atoms with Gasteiger partial charge in [0, 0.05) is 25.3 Å². The molecule has 1 saturated carbocycles. The van der Waals surface area contributed by atoms with Crippen LogP contribution >= 0.6 is 0 Å². The number of benzene rings is 1. The second-order valence-corrected chi connectivity index (χ2v) is 5.10. The summed E-state index contributed by atoms with van der Waals surface area (Å²) in [6.45, 7) is 0.732. The monoisotopic (exact) mass is 248 g/mol. The summed E-state index contributed by atoms with van der Waals surface area (Å²) in [5.74, 6) is 0.202. The summed E-state index contributed by atoms with van der Waals surface area (Å²) in [5.41, 5.74) is 1.80. The summed E-state index contributed by atoms with van der Waals surface area (Å²) in [6.07, 6.45) is 3.38. The number of rotatable bonds is 2. The maximum atomic E-state index is 13.2. The van der Waals surface area contributed by atoms with Gasteiger partial charge in [0.15, 0.2) is 0 Å². The molecule has 1 N–H and O–H groups in total. The maximum absolute atomic E-state index is 13.2. The van der Waals surface area contributed by atoms with Gasteiger partial charge in [0.2, 0.25) is 0 Å². The summed E-state index contributed by atoms with van der Waals surface area (Å²) in [7, 11) is 1.74. The van der Waals surface area contributed by atoms with E-state index in [1.807, 2.05) is 0 Å². The lowest BCUT2D eigenvalue weighted by molar-refractivity contribution is 0.103. The summed E-state index contributed by atoms with van der Waals surface area (Å²) in [5, 5.41) is 8.19. The van der Waals surface area contributed by atoms with Gasteiger partial charge in [0.05, 0.1) is 6.10 Å². The molecular formula is C14H17FN2O. The van der Waals surface area contributed by atoms with Crippen molar-refractivity contribution in [3.8, 4) is 0 Å². The second-order valence-electron chi connectivity index (χ2n) is 5.10. The van der Waals surface area contributed by atoms with Gasteiger partial charge in [-0.15, -0.1) is 0 Å². The minimum atomic E-state index is -0.262. The highest BCUT2D eigenvalue weighted by molar-refractivity contribution is 6.00. The molecule has 3 rings (SSSR count). The first kappa shape index (κ1) is 11.7. The first-order valence-corrected chi connectivity index (χ1v) is 6.36. The van der Waals surface area contributed by atoms with Crippen molar-refractivity contribution in [1.29, 1.82) is 5.41 Å². The molecule has 2 atom stereocenters. The molecule has 0 bridgehead atoms. The number of ether oxygens (including phenoxy) is 1. The summed E-state index contributed by atoms with van der Waals surface area (Å²) >= 11 is 0. The molecule has 2 aliphatic rings. The first-order chi connectivity index (χ1) is 8.69. The highest BCUT2D eigenvalue weighted by Crippen LogP contribution is 2.32. The number of halogens is 1. The highest BCUT2D eigenvalue weighted by atomic mass is 19.1. The van der Waals surface area contributed by atoms with Gasteiger partial charge < -0.3 is 9.64 Å². The average Bonchev–Trinajstić information content (AvgIpc) is 2.95. The Morgan fingerprint density at radius 1 is 1.39 bits per heavy atom. The summed E-state index contributed by atoms with van der Waals surface area (Å²) in [6, 6.07) is 5.10. The molecule has 1 aliphatic carbocycles. The van der Waals surface area contributed by atoms with Crippen LogP contribution in [0.25, 0.3) is 0 Å².